The average Bonchev–Trinajstić information content (AvgIpc) is 3.24. The maximum absolute atomic E-state index is 12.8. The summed E-state index contributed by atoms with van der Waals surface area (Å²) in [6.45, 7) is 0. The molecule has 1 heterocycles. The van der Waals surface area contributed by atoms with Crippen LogP contribution in [-0.2, 0) is 32.0 Å². The summed E-state index contributed by atoms with van der Waals surface area (Å²) >= 11 is 4.30. The van der Waals surface area contributed by atoms with Crippen LogP contribution in [0.15, 0.2) is 60.8 Å². The van der Waals surface area contributed by atoms with E-state index in [2.05, 4.69) is 28.2 Å². The quantitative estimate of drug-likeness (QED) is 0.211. The van der Waals surface area contributed by atoms with Gasteiger partial charge in [-0.25, -0.2) is 4.79 Å². The molecule has 0 radical (unpaired) electrons. The summed E-state index contributed by atoms with van der Waals surface area (Å²) < 4.78 is 0. The van der Waals surface area contributed by atoms with Gasteiger partial charge >= 0.3 is 11.9 Å². The van der Waals surface area contributed by atoms with Gasteiger partial charge in [-0.05, 0) is 30.0 Å². The van der Waals surface area contributed by atoms with E-state index in [4.69, 9.17) is 0 Å². The number of aromatic amines is 1. The summed E-state index contributed by atoms with van der Waals surface area (Å²) in [7, 11) is 0. The predicted molar refractivity (Wildman–Crippen MR) is 133 cm³/mol. The van der Waals surface area contributed by atoms with Gasteiger partial charge < -0.3 is 25.8 Å². The molecule has 2 amide bonds. The largest absolute Gasteiger partial charge is 0.481 e. The van der Waals surface area contributed by atoms with Crippen molar-refractivity contribution in [1.29, 1.82) is 0 Å². The van der Waals surface area contributed by atoms with E-state index >= 15 is 0 Å². The number of rotatable bonds is 12. The molecule has 184 valence electrons. The molecule has 0 aliphatic carbocycles. The van der Waals surface area contributed by atoms with Crippen molar-refractivity contribution in [2.45, 2.75) is 43.0 Å². The van der Waals surface area contributed by atoms with Crippen molar-refractivity contribution in [2.24, 2.45) is 0 Å². The maximum Gasteiger partial charge on any atom is 0.326 e. The minimum Gasteiger partial charge on any atom is -0.481 e. The predicted octanol–water partition coefficient (Wildman–Crippen LogP) is 2.17. The number of thiol groups is 1. The van der Waals surface area contributed by atoms with E-state index in [9.17, 15) is 29.4 Å². The molecule has 3 atom stereocenters. The fourth-order valence-corrected chi connectivity index (χ4v) is 3.93. The van der Waals surface area contributed by atoms with E-state index in [0.29, 0.717) is 18.4 Å². The molecule has 0 saturated heterocycles. The van der Waals surface area contributed by atoms with Gasteiger partial charge in [-0.1, -0.05) is 48.5 Å². The molecule has 0 fully saturated rings. The zero-order valence-corrected chi connectivity index (χ0v) is 19.7. The first-order chi connectivity index (χ1) is 16.7. The number of hydrogen-bond donors (Lipinski definition) is 6. The van der Waals surface area contributed by atoms with Gasteiger partial charge in [-0.2, -0.15) is 12.6 Å². The van der Waals surface area contributed by atoms with Crippen molar-refractivity contribution >= 4 is 47.3 Å². The SMILES string of the molecule is O=C(O)C[C@H](NC(=O)[C@@H](S)CCc1ccccc1)C(=O)N[C@@H](Cc1c[nH]c2ccccc12)C(=O)O. The lowest BCUT2D eigenvalue weighted by molar-refractivity contribution is -0.143. The fourth-order valence-electron chi connectivity index (χ4n) is 3.72. The van der Waals surface area contributed by atoms with Crippen LogP contribution >= 0.6 is 12.6 Å². The molecule has 3 rings (SSSR count). The van der Waals surface area contributed by atoms with Crippen LogP contribution in [0, 0.1) is 0 Å². The van der Waals surface area contributed by atoms with Crippen molar-refractivity contribution in [1.82, 2.24) is 15.6 Å². The molecule has 0 aliphatic rings. The van der Waals surface area contributed by atoms with Crippen LogP contribution < -0.4 is 10.6 Å². The maximum atomic E-state index is 12.8. The zero-order valence-electron chi connectivity index (χ0n) is 18.8. The number of amides is 2. The smallest absolute Gasteiger partial charge is 0.326 e. The summed E-state index contributed by atoms with van der Waals surface area (Å²) in [5, 5.41) is 23.7. The number of carboxylic acid groups (broad SMARTS) is 2. The number of H-pyrrole nitrogens is 1. The number of para-hydroxylation sites is 1. The Bertz CT molecular complexity index is 1200. The van der Waals surface area contributed by atoms with Gasteiger partial charge in [0.2, 0.25) is 11.8 Å². The number of hydrogen-bond acceptors (Lipinski definition) is 5. The number of carbonyl (C=O) groups is 4. The average molecular weight is 498 g/mol. The molecule has 0 aliphatic heterocycles. The Hall–Kier alpha value is -3.79. The lowest BCUT2D eigenvalue weighted by atomic mass is 10.0. The first-order valence-electron chi connectivity index (χ1n) is 11.1. The van der Waals surface area contributed by atoms with E-state index in [1.165, 1.54) is 0 Å². The van der Waals surface area contributed by atoms with E-state index in [-0.39, 0.29) is 6.42 Å². The van der Waals surface area contributed by atoms with Gasteiger partial charge in [0.1, 0.15) is 12.1 Å². The third-order valence-corrected chi connectivity index (χ3v) is 6.07. The van der Waals surface area contributed by atoms with Crippen LogP contribution in [0.25, 0.3) is 10.9 Å². The Labute approximate surface area is 207 Å². The monoisotopic (exact) mass is 497 g/mol. The number of carbonyl (C=O) groups excluding carboxylic acids is 2. The minimum atomic E-state index is -1.45. The fraction of sp³-hybridized carbons (Fsp3) is 0.280. The molecule has 35 heavy (non-hydrogen) atoms. The lowest BCUT2D eigenvalue weighted by Gasteiger charge is -2.22. The Kier molecular flexibility index (Phi) is 8.91. The lowest BCUT2D eigenvalue weighted by Crippen LogP contribution is -2.54. The molecule has 0 saturated carbocycles. The van der Waals surface area contributed by atoms with Crippen molar-refractivity contribution in [3.63, 3.8) is 0 Å². The highest BCUT2D eigenvalue weighted by molar-refractivity contribution is 7.81. The first-order valence-corrected chi connectivity index (χ1v) is 11.6. The Balaban J connectivity index is 1.65. The van der Waals surface area contributed by atoms with Crippen LogP contribution in [-0.4, -0.2) is 56.3 Å². The summed E-state index contributed by atoms with van der Waals surface area (Å²) in [5.41, 5.74) is 2.52. The van der Waals surface area contributed by atoms with E-state index in [1.54, 1.807) is 6.20 Å². The second kappa shape index (κ2) is 12.1. The zero-order chi connectivity index (χ0) is 25.4. The standard InChI is InChI=1S/C25H27N3O6S/c29-22(30)13-19(27-24(32)21(35)11-10-15-6-2-1-3-7-15)23(31)28-20(25(33)34)12-16-14-26-18-9-5-4-8-17(16)18/h1-9,14,19-21,26,35H,10-13H2,(H,27,32)(H,28,31)(H,29,30)(H,33,34)/t19-,20-,21-/m0/s1. The molecule has 3 aromatic rings. The molecule has 9 nitrogen and oxygen atoms in total. The van der Waals surface area contributed by atoms with Crippen LogP contribution in [0.4, 0.5) is 0 Å². The Morgan fingerprint density at radius 2 is 1.54 bits per heavy atom. The molecule has 0 bridgehead atoms. The van der Waals surface area contributed by atoms with Gasteiger partial charge in [0.25, 0.3) is 0 Å². The van der Waals surface area contributed by atoms with Crippen molar-refractivity contribution < 1.29 is 29.4 Å². The highest BCUT2D eigenvalue weighted by atomic mass is 32.1. The molecule has 5 N–H and O–H groups in total. The van der Waals surface area contributed by atoms with Crippen LogP contribution in [0.3, 0.4) is 0 Å². The number of aromatic nitrogens is 1. The molecule has 2 aromatic carbocycles. The number of aryl methyl sites for hydroxylation is 1. The molecular weight excluding hydrogens is 470 g/mol. The van der Waals surface area contributed by atoms with Crippen molar-refractivity contribution in [2.75, 3.05) is 0 Å². The second-order valence-electron chi connectivity index (χ2n) is 8.16. The normalized spacial score (nSPS) is 13.5. The molecular formula is C25H27N3O6S. The Morgan fingerprint density at radius 3 is 2.23 bits per heavy atom. The second-order valence-corrected chi connectivity index (χ2v) is 8.79. The number of fused-ring (bicyclic) bond motifs is 1. The number of carboxylic acids is 2. The first kappa shape index (κ1) is 25.8. The van der Waals surface area contributed by atoms with Gasteiger partial charge in [0.15, 0.2) is 0 Å². The summed E-state index contributed by atoms with van der Waals surface area (Å²) in [6, 6.07) is 14.0. The van der Waals surface area contributed by atoms with Crippen molar-refractivity contribution in [3.05, 3.63) is 71.9 Å². The van der Waals surface area contributed by atoms with Gasteiger partial charge in [0, 0.05) is 23.5 Å². The van der Waals surface area contributed by atoms with Gasteiger partial charge in [-0.3, -0.25) is 14.4 Å². The van der Waals surface area contributed by atoms with Crippen LogP contribution in [0.5, 0.6) is 0 Å². The minimum absolute atomic E-state index is 0.0227. The van der Waals surface area contributed by atoms with E-state index in [0.717, 1.165) is 16.5 Å². The molecule has 0 unspecified atom stereocenters. The van der Waals surface area contributed by atoms with Gasteiger partial charge in [0.05, 0.1) is 11.7 Å². The number of benzene rings is 2. The summed E-state index contributed by atoms with van der Waals surface area (Å²) in [4.78, 5) is 51.7. The summed E-state index contributed by atoms with van der Waals surface area (Å²) in [5.74, 6) is -4.08. The van der Waals surface area contributed by atoms with Crippen LogP contribution in [0.2, 0.25) is 0 Å². The summed E-state index contributed by atoms with van der Waals surface area (Å²) in [6.07, 6.45) is 1.89. The molecule has 1 aromatic heterocycles. The molecule has 10 heteroatoms. The van der Waals surface area contributed by atoms with E-state index < -0.39 is 47.5 Å². The highest BCUT2D eigenvalue weighted by Gasteiger charge is 2.30. The topological polar surface area (TPSA) is 149 Å². The highest BCUT2D eigenvalue weighted by Crippen LogP contribution is 2.19. The Morgan fingerprint density at radius 1 is 0.886 bits per heavy atom. The molecule has 0 spiro atoms. The number of aliphatic carboxylic acids is 2. The van der Waals surface area contributed by atoms with Crippen molar-refractivity contribution in [3.8, 4) is 0 Å². The third-order valence-electron chi connectivity index (χ3n) is 5.58. The number of nitrogens with one attached hydrogen (secondary N) is 3. The van der Waals surface area contributed by atoms with E-state index in [1.807, 2.05) is 54.6 Å². The van der Waals surface area contributed by atoms with Crippen LogP contribution in [0.1, 0.15) is 24.0 Å². The van der Waals surface area contributed by atoms with Gasteiger partial charge in [-0.15, -0.1) is 0 Å². The third kappa shape index (κ3) is 7.35.